The lowest BCUT2D eigenvalue weighted by Gasteiger charge is -2.41. The number of anilines is 1. The number of aromatic amines is 1. The van der Waals surface area contributed by atoms with Crippen molar-refractivity contribution in [2.45, 2.75) is 70.9 Å². The quantitative estimate of drug-likeness (QED) is 0.124. The van der Waals surface area contributed by atoms with E-state index in [9.17, 15) is 32.3 Å². The first-order chi connectivity index (χ1) is 27.9. The highest BCUT2D eigenvalue weighted by Crippen LogP contribution is 2.41. The molecule has 17 heteroatoms. The van der Waals surface area contributed by atoms with Gasteiger partial charge >= 0.3 is 11.9 Å². The SMILES string of the molecule is CCCC(C(=O)NC=O)N(C=O)Cc1c(C)cccc1NCCN1CCN(CCOc2ccc(C3c4ccc5[nH]c(=O)oc5c4C[C@@H](C)N3CC(F)(F)F)nc2)CC1. The summed E-state index contributed by atoms with van der Waals surface area (Å²) in [6.07, 6.45) is -0.478. The number of benzene rings is 2. The Labute approximate surface area is 334 Å². The first-order valence-corrected chi connectivity index (χ1v) is 19.7. The number of halogens is 3. The summed E-state index contributed by atoms with van der Waals surface area (Å²) in [5.41, 5.74) is 5.42. The summed E-state index contributed by atoms with van der Waals surface area (Å²) in [5, 5.41) is 5.71. The van der Waals surface area contributed by atoms with Gasteiger partial charge in [0.05, 0.1) is 30.0 Å². The van der Waals surface area contributed by atoms with E-state index < -0.39 is 42.5 Å². The van der Waals surface area contributed by atoms with Crippen LogP contribution in [0.2, 0.25) is 0 Å². The van der Waals surface area contributed by atoms with Crippen LogP contribution >= 0.6 is 0 Å². The van der Waals surface area contributed by atoms with E-state index in [-0.39, 0.29) is 13.0 Å². The van der Waals surface area contributed by atoms with E-state index in [1.54, 1.807) is 37.4 Å². The monoisotopic (exact) mass is 808 g/mol. The van der Waals surface area contributed by atoms with Crippen LogP contribution in [-0.2, 0) is 27.3 Å². The summed E-state index contributed by atoms with van der Waals surface area (Å²) < 4.78 is 52.8. The van der Waals surface area contributed by atoms with Gasteiger partial charge in [0.1, 0.15) is 18.4 Å². The summed E-state index contributed by atoms with van der Waals surface area (Å²) in [6, 6.07) is 10.7. The first-order valence-electron chi connectivity index (χ1n) is 19.7. The summed E-state index contributed by atoms with van der Waals surface area (Å²) in [4.78, 5) is 62.3. The average Bonchev–Trinajstić information content (AvgIpc) is 3.59. The van der Waals surface area contributed by atoms with Crippen molar-refractivity contribution in [3.05, 3.63) is 87.2 Å². The molecule has 0 aliphatic carbocycles. The average molecular weight is 809 g/mol. The highest BCUT2D eigenvalue weighted by atomic mass is 19.4. The zero-order valence-electron chi connectivity index (χ0n) is 33.0. The number of rotatable bonds is 18. The van der Waals surface area contributed by atoms with E-state index in [4.69, 9.17) is 9.15 Å². The van der Waals surface area contributed by atoms with E-state index in [1.165, 1.54) is 9.80 Å². The summed E-state index contributed by atoms with van der Waals surface area (Å²) in [5.74, 6) is -0.594. The number of carbonyl (C=O) groups excluding carboxylic acids is 3. The van der Waals surface area contributed by atoms with E-state index >= 15 is 0 Å². The Bertz CT molecular complexity index is 2080. The Balaban J connectivity index is 0.989. The molecule has 3 amide bonds. The largest absolute Gasteiger partial charge is 0.491 e. The number of oxazole rings is 1. The molecule has 2 aromatic carbocycles. The van der Waals surface area contributed by atoms with E-state index in [0.717, 1.165) is 49.5 Å². The van der Waals surface area contributed by atoms with Gasteiger partial charge in [-0.2, -0.15) is 13.2 Å². The van der Waals surface area contributed by atoms with Crippen LogP contribution in [0.4, 0.5) is 18.9 Å². The van der Waals surface area contributed by atoms with Crippen LogP contribution in [0, 0.1) is 6.92 Å². The van der Waals surface area contributed by atoms with Gasteiger partial charge in [-0.1, -0.05) is 31.5 Å². The Morgan fingerprint density at radius 1 is 1.10 bits per heavy atom. The number of nitrogens with one attached hydrogen (secondary N) is 3. The van der Waals surface area contributed by atoms with Gasteiger partial charge in [0.2, 0.25) is 18.7 Å². The third kappa shape index (κ3) is 10.2. The molecule has 2 unspecified atom stereocenters. The van der Waals surface area contributed by atoms with Gasteiger partial charge in [-0.3, -0.25) is 44.4 Å². The molecule has 4 heterocycles. The molecule has 58 heavy (non-hydrogen) atoms. The van der Waals surface area contributed by atoms with Crippen molar-refractivity contribution in [2.75, 3.05) is 64.3 Å². The van der Waals surface area contributed by atoms with Crippen molar-refractivity contribution in [1.82, 2.24) is 34.9 Å². The number of alkyl halides is 3. The van der Waals surface area contributed by atoms with Crippen LogP contribution < -0.4 is 21.1 Å². The minimum atomic E-state index is -4.42. The Morgan fingerprint density at radius 3 is 2.53 bits per heavy atom. The Kier molecular flexibility index (Phi) is 13.9. The maximum atomic E-state index is 13.8. The molecule has 1 saturated heterocycles. The van der Waals surface area contributed by atoms with Gasteiger partial charge in [0.15, 0.2) is 5.58 Å². The number of carbonyl (C=O) groups is 3. The van der Waals surface area contributed by atoms with Crippen LogP contribution in [0.3, 0.4) is 0 Å². The van der Waals surface area contributed by atoms with E-state index in [1.807, 2.05) is 32.0 Å². The molecule has 2 aliphatic heterocycles. The predicted molar refractivity (Wildman–Crippen MR) is 211 cm³/mol. The number of imide groups is 1. The third-order valence-electron chi connectivity index (χ3n) is 11.1. The number of hydrogen-bond donors (Lipinski definition) is 3. The molecule has 6 rings (SSSR count). The smallest absolute Gasteiger partial charge is 0.417 e. The van der Waals surface area contributed by atoms with Gasteiger partial charge in [-0.05, 0) is 67.6 Å². The van der Waals surface area contributed by atoms with Gasteiger partial charge in [-0.15, -0.1) is 0 Å². The second-order valence-corrected chi connectivity index (χ2v) is 15.0. The van der Waals surface area contributed by atoms with Crippen LogP contribution in [0.5, 0.6) is 5.75 Å². The number of nitrogens with zero attached hydrogens (tertiary/aromatic N) is 5. The van der Waals surface area contributed by atoms with Gasteiger partial charge in [-0.25, -0.2) is 4.79 Å². The topological polar surface area (TPSA) is 156 Å². The number of aryl methyl sites for hydroxylation is 1. The lowest BCUT2D eigenvalue weighted by molar-refractivity contribution is -0.155. The first kappa shape index (κ1) is 42.3. The zero-order chi connectivity index (χ0) is 41.4. The highest BCUT2D eigenvalue weighted by Gasteiger charge is 2.42. The van der Waals surface area contributed by atoms with Crippen molar-refractivity contribution in [2.24, 2.45) is 0 Å². The Morgan fingerprint density at radius 2 is 1.86 bits per heavy atom. The minimum absolute atomic E-state index is 0.227. The second-order valence-electron chi connectivity index (χ2n) is 15.0. The number of pyridine rings is 1. The molecular weight excluding hydrogens is 757 g/mol. The zero-order valence-corrected chi connectivity index (χ0v) is 33.0. The number of amides is 3. The van der Waals surface area contributed by atoms with Gasteiger partial charge in [0.25, 0.3) is 0 Å². The van der Waals surface area contributed by atoms with Crippen LogP contribution in [0.1, 0.15) is 60.7 Å². The normalized spacial score (nSPS) is 18.4. The van der Waals surface area contributed by atoms with Crippen LogP contribution in [-0.4, -0.2) is 126 Å². The van der Waals surface area contributed by atoms with Crippen molar-refractivity contribution in [3.63, 3.8) is 0 Å². The van der Waals surface area contributed by atoms with E-state index in [2.05, 4.69) is 30.4 Å². The lowest BCUT2D eigenvalue weighted by Crippen LogP contribution is -2.48. The maximum Gasteiger partial charge on any atom is 0.417 e. The lowest BCUT2D eigenvalue weighted by atomic mass is 9.86. The summed E-state index contributed by atoms with van der Waals surface area (Å²) in [7, 11) is 0. The molecule has 0 spiro atoms. The fraction of sp³-hybridized carbons (Fsp3) is 0.488. The molecule has 1 fully saturated rings. The van der Waals surface area contributed by atoms with E-state index in [0.29, 0.717) is 79.0 Å². The van der Waals surface area contributed by atoms with Crippen molar-refractivity contribution >= 4 is 35.5 Å². The molecule has 3 N–H and O–H groups in total. The molecule has 14 nitrogen and oxygen atoms in total. The number of ether oxygens (including phenoxy) is 1. The van der Waals surface area contributed by atoms with Crippen LogP contribution in [0.15, 0.2) is 57.9 Å². The van der Waals surface area contributed by atoms with Crippen molar-refractivity contribution in [3.8, 4) is 5.75 Å². The second kappa shape index (κ2) is 19.0. The standard InChI is InChI=1S/C41H51F3N8O6/c1-4-6-36(39(55)47-25-53)51(26-54)23-32-27(2)7-5-8-33(32)45-13-14-49-15-17-50(18-16-49)19-20-57-29-9-11-34(46-22-29)37-30-10-12-35-38(58-40(56)48-35)31(30)21-28(3)52(37)24-41(42,43)44/h5,7-12,22,25-26,28,36-37,45H,4,6,13-21,23-24H2,1-3H3,(H,48,56)(H,47,53,55)/t28-,36?,37?/m1/s1. The molecule has 0 radical (unpaired) electrons. The highest BCUT2D eigenvalue weighted by molar-refractivity contribution is 5.91. The molecule has 2 aromatic heterocycles. The molecule has 3 atom stereocenters. The number of H-pyrrole nitrogens is 1. The number of hydrogen-bond acceptors (Lipinski definition) is 11. The molecule has 312 valence electrons. The number of piperazine rings is 1. The predicted octanol–water partition coefficient (Wildman–Crippen LogP) is 4.23. The van der Waals surface area contributed by atoms with Gasteiger partial charge in [0, 0.05) is 69.7 Å². The minimum Gasteiger partial charge on any atom is -0.491 e. The number of fused-ring (bicyclic) bond motifs is 3. The molecule has 0 bridgehead atoms. The Hall–Kier alpha value is -5.26. The molecule has 0 saturated carbocycles. The maximum absolute atomic E-state index is 13.8. The summed E-state index contributed by atoms with van der Waals surface area (Å²) in [6.45, 7) is 10.8. The molecular formula is C41H51F3N8O6. The van der Waals surface area contributed by atoms with Crippen molar-refractivity contribution in [1.29, 1.82) is 0 Å². The number of aromatic nitrogens is 2. The van der Waals surface area contributed by atoms with Gasteiger partial charge < -0.3 is 19.4 Å². The molecule has 4 aromatic rings. The molecule has 2 aliphatic rings. The van der Waals surface area contributed by atoms with Crippen LogP contribution in [0.25, 0.3) is 11.1 Å². The van der Waals surface area contributed by atoms with Crippen molar-refractivity contribution < 1.29 is 36.7 Å². The summed E-state index contributed by atoms with van der Waals surface area (Å²) >= 11 is 0. The fourth-order valence-electron chi connectivity index (χ4n) is 8.06. The fourth-order valence-corrected chi connectivity index (χ4v) is 8.06. The third-order valence-corrected chi connectivity index (χ3v) is 11.1.